The van der Waals surface area contributed by atoms with E-state index in [1.54, 1.807) is 30.3 Å². The SMILES string of the molecule is N#Cc1cc(/C=N/O)ccc1Br.N#Cc1cc(C=O)ccc1Br. The minimum Gasteiger partial charge on any atom is -0.411 e. The predicted octanol–water partition coefficient (Wildman–Crippen LogP) is 4.26. The van der Waals surface area contributed by atoms with Crippen molar-refractivity contribution in [2.75, 3.05) is 0 Å². The summed E-state index contributed by atoms with van der Waals surface area (Å²) < 4.78 is 1.45. The number of hydrogen-bond acceptors (Lipinski definition) is 5. The average molecular weight is 435 g/mol. The fourth-order valence-electron chi connectivity index (χ4n) is 1.48. The lowest BCUT2D eigenvalue weighted by atomic mass is 10.1. The molecule has 7 heteroatoms. The van der Waals surface area contributed by atoms with Crippen LogP contribution in [0.5, 0.6) is 0 Å². The average Bonchev–Trinajstić information content (AvgIpc) is 2.58. The Kier molecular flexibility index (Phi) is 7.69. The molecule has 0 spiro atoms. The molecule has 2 aromatic rings. The van der Waals surface area contributed by atoms with Gasteiger partial charge in [0.15, 0.2) is 0 Å². The molecule has 0 aromatic heterocycles. The molecule has 0 amide bonds. The zero-order chi connectivity index (χ0) is 17.2. The predicted molar refractivity (Wildman–Crippen MR) is 92.5 cm³/mol. The van der Waals surface area contributed by atoms with Gasteiger partial charge in [-0.25, -0.2) is 0 Å². The van der Waals surface area contributed by atoms with Crippen LogP contribution in [0, 0.1) is 22.7 Å². The first-order chi connectivity index (χ1) is 11.0. The van der Waals surface area contributed by atoms with E-state index >= 15 is 0 Å². The maximum Gasteiger partial charge on any atom is 0.150 e. The number of carbonyl (C=O) groups excluding carboxylic acids is 1. The Labute approximate surface area is 149 Å². The number of hydrogen-bond donors (Lipinski definition) is 1. The quantitative estimate of drug-likeness (QED) is 0.330. The fraction of sp³-hybridized carbons (Fsp3) is 0. The molecule has 2 aromatic carbocycles. The highest BCUT2D eigenvalue weighted by atomic mass is 79.9. The van der Waals surface area contributed by atoms with Crippen LogP contribution in [0.4, 0.5) is 0 Å². The number of carbonyl (C=O) groups is 1. The Balaban J connectivity index is 0.000000231. The normalized spacial score (nSPS) is 9.39. The van der Waals surface area contributed by atoms with Crippen molar-refractivity contribution < 1.29 is 10.0 Å². The van der Waals surface area contributed by atoms with E-state index < -0.39 is 0 Å². The molecule has 0 aliphatic carbocycles. The van der Waals surface area contributed by atoms with Gasteiger partial charge in [0.1, 0.15) is 18.4 Å². The molecule has 0 aliphatic heterocycles. The number of aldehydes is 1. The highest BCUT2D eigenvalue weighted by Gasteiger charge is 1.99. The molecule has 2 rings (SSSR count). The van der Waals surface area contributed by atoms with Gasteiger partial charge in [0, 0.05) is 14.5 Å². The van der Waals surface area contributed by atoms with Crippen LogP contribution in [0.3, 0.4) is 0 Å². The van der Waals surface area contributed by atoms with E-state index in [2.05, 4.69) is 37.0 Å². The van der Waals surface area contributed by atoms with Gasteiger partial charge in [0.2, 0.25) is 0 Å². The molecule has 114 valence electrons. The van der Waals surface area contributed by atoms with Crippen LogP contribution in [0.1, 0.15) is 27.0 Å². The molecule has 1 N–H and O–H groups in total. The number of nitrogens with zero attached hydrogens (tertiary/aromatic N) is 3. The first-order valence-electron chi connectivity index (χ1n) is 6.07. The minimum absolute atomic E-state index is 0.481. The number of oxime groups is 1. The monoisotopic (exact) mass is 433 g/mol. The molecule has 0 saturated heterocycles. The molecule has 0 atom stereocenters. The molecule has 0 heterocycles. The van der Waals surface area contributed by atoms with Crippen LogP contribution in [-0.4, -0.2) is 17.7 Å². The number of benzene rings is 2. The molecular formula is C16H9Br2N3O2. The van der Waals surface area contributed by atoms with Crippen LogP contribution < -0.4 is 0 Å². The van der Waals surface area contributed by atoms with Crippen LogP contribution in [0.15, 0.2) is 50.5 Å². The Morgan fingerprint density at radius 2 is 1.43 bits per heavy atom. The molecular weight excluding hydrogens is 426 g/mol. The van der Waals surface area contributed by atoms with Crippen molar-refractivity contribution in [2.45, 2.75) is 0 Å². The van der Waals surface area contributed by atoms with Crippen molar-refractivity contribution >= 4 is 44.4 Å². The van der Waals surface area contributed by atoms with Crippen LogP contribution in [0.2, 0.25) is 0 Å². The van der Waals surface area contributed by atoms with Gasteiger partial charge in [-0.05, 0) is 61.7 Å². The van der Waals surface area contributed by atoms with E-state index in [9.17, 15) is 4.79 Å². The summed E-state index contributed by atoms with van der Waals surface area (Å²) in [6.45, 7) is 0. The number of halogens is 2. The van der Waals surface area contributed by atoms with E-state index in [0.29, 0.717) is 33.0 Å². The van der Waals surface area contributed by atoms with E-state index in [-0.39, 0.29) is 0 Å². The molecule has 0 radical (unpaired) electrons. The van der Waals surface area contributed by atoms with Crippen molar-refractivity contribution in [3.8, 4) is 12.1 Å². The maximum atomic E-state index is 10.3. The lowest BCUT2D eigenvalue weighted by Crippen LogP contribution is -1.84. The van der Waals surface area contributed by atoms with Crippen LogP contribution >= 0.6 is 31.9 Å². The highest BCUT2D eigenvalue weighted by Crippen LogP contribution is 2.17. The molecule has 0 unspecified atom stereocenters. The van der Waals surface area contributed by atoms with E-state index in [4.69, 9.17) is 15.7 Å². The summed E-state index contributed by atoms with van der Waals surface area (Å²) in [5.74, 6) is 0. The summed E-state index contributed by atoms with van der Waals surface area (Å²) in [5.41, 5.74) is 2.21. The zero-order valence-electron chi connectivity index (χ0n) is 11.6. The van der Waals surface area contributed by atoms with E-state index in [1.807, 2.05) is 12.1 Å². The molecule has 0 aliphatic rings. The molecule has 5 nitrogen and oxygen atoms in total. The lowest BCUT2D eigenvalue weighted by molar-refractivity contribution is 0.112. The van der Waals surface area contributed by atoms with E-state index in [0.717, 1.165) is 4.47 Å². The first kappa shape index (κ1) is 18.6. The van der Waals surface area contributed by atoms with Gasteiger partial charge in [-0.3, -0.25) is 4.79 Å². The molecule has 0 fully saturated rings. The summed E-state index contributed by atoms with van der Waals surface area (Å²) in [7, 11) is 0. The van der Waals surface area contributed by atoms with Crippen LogP contribution in [0.25, 0.3) is 0 Å². The minimum atomic E-state index is 0.481. The van der Waals surface area contributed by atoms with Gasteiger partial charge >= 0.3 is 0 Å². The van der Waals surface area contributed by atoms with Gasteiger partial charge in [0.25, 0.3) is 0 Å². The number of nitriles is 2. The highest BCUT2D eigenvalue weighted by molar-refractivity contribution is 9.10. The van der Waals surface area contributed by atoms with Crippen molar-refractivity contribution in [2.24, 2.45) is 5.16 Å². The topological polar surface area (TPSA) is 97.2 Å². The van der Waals surface area contributed by atoms with Gasteiger partial charge in [-0.15, -0.1) is 0 Å². The van der Waals surface area contributed by atoms with Gasteiger partial charge in [-0.1, -0.05) is 17.3 Å². The second kappa shape index (κ2) is 9.52. The summed E-state index contributed by atoms with van der Waals surface area (Å²) in [6.07, 6.45) is 1.99. The second-order valence-corrected chi connectivity index (χ2v) is 5.77. The Morgan fingerprint density at radius 1 is 0.957 bits per heavy atom. The number of rotatable bonds is 2. The smallest absolute Gasteiger partial charge is 0.150 e. The standard InChI is InChI=1S/C8H5BrN2O.C8H4BrNO/c9-8-2-1-6(5-11-12)3-7(8)4-10;9-8-2-1-6(5-11)3-7(8)4-10/h1-3,5,12H;1-3,5H/b11-5+;. The van der Waals surface area contributed by atoms with Crippen molar-refractivity contribution in [1.82, 2.24) is 0 Å². The molecule has 0 bridgehead atoms. The summed E-state index contributed by atoms with van der Waals surface area (Å²) in [5, 5.41) is 28.3. The van der Waals surface area contributed by atoms with Gasteiger partial charge in [0.05, 0.1) is 17.3 Å². The lowest BCUT2D eigenvalue weighted by Gasteiger charge is -1.95. The fourth-order valence-corrected chi connectivity index (χ4v) is 2.15. The summed E-state index contributed by atoms with van der Waals surface area (Å²) >= 11 is 6.39. The third-order valence-electron chi connectivity index (χ3n) is 2.56. The summed E-state index contributed by atoms with van der Waals surface area (Å²) in [4.78, 5) is 10.3. The third kappa shape index (κ3) is 5.67. The van der Waals surface area contributed by atoms with E-state index in [1.165, 1.54) is 12.3 Å². The Bertz CT molecular complexity index is 821. The summed E-state index contributed by atoms with van der Waals surface area (Å²) in [6, 6.07) is 13.9. The van der Waals surface area contributed by atoms with Gasteiger partial charge in [-0.2, -0.15) is 10.5 Å². The van der Waals surface area contributed by atoms with Crippen molar-refractivity contribution in [3.63, 3.8) is 0 Å². The largest absolute Gasteiger partial charge is 0.411 e. The first-order valence-corrected chi connectivity index (χ1v) is 7.66. The van der Waals surface area contributed by atoms with Gasteiger partial charge < -0.3 is 5.21 Å². The van der Waals surface area contributed by atoms with Crippen LogP contribution in [-0.2, 0) is 0 Å². The molecule has 23 heavy (non-hydrogen) atoms. The second-order valence-electron chi connectivity index (χ2n) is 4.06. The maximum absolute atomic E-state index is 10.3. The zero-order valence-corrected chi connectivity index (χ0v) is 14.7. The molecule has 0 saturated carbocycles. The van der Waals surface area contributed by atoms with Crippen molar-refractivity contribution in [1.29, 1.82) is 10.5 Å². The Hall–Kier alpha value is -2.48. The Morgan fingerprint density at radius 3 is 1.87 bits per heavy atom. The van der Waals surface area contributed by atoms with Crippen molar-refractivity contribution in [3.05, 3.63) is 67.6 Å². The third-order valence-corrected chi connectivity index (χ3v) is 3.95.